The van der Waals surface area contributed by atoms with E-state index in [9.17, 15) is 5.11 Å². The van der Waals surface area contributed by atoms with Gasteiger partial charge in [-0.1, -0.05) is 50.1 Å². The molecule has 0 fully saturated rings. The average Bonchev–Trinajstić information content (AvgIpc) is 2.30. The molecule has 0 radical (unpaired) electrons. The fourth-order valence-electron chi connectivity index (χ4n) is 1.75. The van der Waals surface area contributed by atoms with Gasteiger partial charge in [-0.05, 0) is 11.5 Å². The summed E-state index contributed by atoms with van der Waals surface area (Å²) in [6.45, 7) is 4.62. The highest BCUT2D eigenvalue weighted by Gasteiger charge is 2.22. The largest absolute Gasteiger partial charge is 0.387 e. The molecule has 2 N–H and O–H groups in total. The fraction of sp³-hybridized carbons (Fsp3) is 0.429. The van der Waals surface area contributed by atoms with Crippen molar-refractivity contribution >= 4 is 0 Å². The number of rotatable bonds is 5. The lowest BCUT2D eigenvalue weighted by molar-refractivity contribution is 0.108. The molecule has 0 bridgehead atoms. The van der Waals surface area contributed by atoms with Gasteiger partial charge in [0, 0.05) is 6.04 Å². The molecule has 2 nitrogen and oxygen atoms in total. The number of benzene rings is 1. The summed E-state index contributed by atoms with van der Waals surface area (Å²) >= 11 is 0. The van der Waals surface area contributed by atoms with Crippen LogP contribution in [-0.2, 0) is 0 Å². The van der Waals surface area contributed by atoms with Gasteiger partial charge < -0.3 is 10.4 Å². The summed E-state index contributed by atoms with van der Waals surface area (Å²) < 4.78 is 0. The van der Waals surface area contributed by atoms with Gasteiger partial charge >= 0.3 is 0 Å². The highest BCUT2D eigenvalue weighted by atomic mass is 16.3. The highest BCUT2D eigenvalue weighted by Crippen LogP contribution is 2.21. The molecule has 2 unspecified atom stereocenters. The fourth-order valence-corrected chi connectivity index (χ4v) is 1.75. The maximum Gasteiger partial charge on any atom is 0.0945 e. The quantitative estimate of drug-likeness (QED) is 0.739. The van der Waals surface area contributed by atoms with Gasteiger partial charge in [0.05, 0.1) is 12.6 Å². The van der Waals surface area contributed by atoms with E-state index in [1.54, 1.807) is 0 Å². The lowest BCUT2D eigenvalue weighted by atomic mass is 9.93. The minimum atomic E-state index is -0.519. The van der Waals surface area contributed by atoms with Crippen LogP contribution in [0.1, 0.15) is 25.5 Å². The van der Waals surface area contributed by atoms with Crippen molar-refractivity contribution in [2.24, 2.45) is 5.92 Å². The Morgan fingerprint density at radius 2 is 1.94 bits per heavy atom. The van der Waals surface area contributed by atoms with Crippen LogP contribution in [-0.4, -0.2) is 17.7 Å². The van der Waals surface area contributed by atoms with Crippen LogP contribution in [0.15, 0.2) is 30.3 Å². The van der Waals surface area contributed by atoms with Crippen molar-refractivity contribution < 1.29 is 5.11 Å². The lowest BCUT2D eigenvalue weighted by Crippen LogP contribution is -2.39. The Balaban J connectivity index is 2.75. The van der Waals surface area contributed by atoms with E-state index in [1.807, 2.05) is 30.3 Å². The van der Waals surface area contributed by atoms with E-state index in [2.05, 4.69) is 25.1 Å². The summed E-state index contributed by atoms with van der Waals surface area (Å²) in [6.07, 6.45) is 4.70. The molecule has 1 aromatic rings. The van der Waals surface area contributed by atoms with Gasteiger partial charge in [-0.25, -0.2) is 0 Å². The van der Waals surface area contributed by atoms with Crippen LogP contribution in [0.3, 0.4) is 0 Å². The molecule has 0 heterocycles. The van der Waals surface area contributed by atoms with E-state index in [-0.39, 0.29) is 6.04 Å². The molecular weight excluding hydrogens is 198 g/mol. The predicted octanol–water partition coefficient (Wildman–Crippen LogP) is 1.97. The van der Waals surface area contributed by atoms with Gasteiger partial charge in [0.1, 0.15) is 0 Å². The van der Waals surface area contributed by atoms with Gasteiger partial charge in [-0.3, -0.25) is 0 Å². The number of terminal acetylenes is 1. The number of aliphatic hydroxyl groups excluding tert-OH is 1. The normalized spacial score (nSPS) is 14.4. The van der Waals surface area contributed by atoms with Gasteiger partial charge in [-0.15, -0.1) is 6.42 Å². The van der Waals surface area contributed by atoms with Crippen LogP contribution < -0.4 is 5.32 Å². The van der Waals surface area contributed by atoms with E-state index in [1.165, 1.54) is 0 Å². The van der Waals surface area contributed by atoms with Crippen LogP contribution >= 0.6 is 0 Å². The Labute approximate surface area is 97.7 Å². The molecule has 0 saturated carbocycles. The number of nitrogens with one attached hydrogen (secondary N) is 1. The predicted molar refractivity (Wildman–Crippen MR) is 66.9 cm³/mol. The number of aliphatic hydroxyl groups is 1. The van der Waals surface area contributed by atoms with Crippen LogP contribution in [0.5, 0.6) is 0 Å². The van der Waals surface area contributed by atoms with E-state index in [4.69, 9.17) is 6.42 Å². The third-order valence-electron chi connectivity index (χ3n) is 2.64. The van der Waals surface area contributed by atoms with Crippen LogP contribution in [0, 0.1) is 18.3 Å². The summed E-state index contributed by atoms with van der Waals surface area (Å²) in [6, 6.07) is 9.64. The Morgan fingerprint density at radius 3 is 2.44 bits per heavy atom. The second-order valence-electron chi connectivity index (χ2n) is 4.21. The van der Waals surface area contributed by atoms with Gasteiger partial charge in [-0.2, -0.15) is 0 Å². The molecule has 0 amide bonds. The maximum absolute atomic E-state index is 10.2. The Kier molecular flexibility index (Phi) is 5.04. The smallest absolute Gasteiger partial charge is 0.0945 e. The highest BCUT2D eigenvalue weighted by molar-refractivity contribution is 5.19. The lowest BCUT2D eigenvalue weighted by Gasteiger charge is -2.27. The Morgan fingerprint density at radius 1 is 1.31 bits per heavy atom. The molecule has 86 valence electrons. The van der Waals surface area contributed by atoms with E-state index in [0.717, 1.165) is 5.56 Å². The topological polar surface area (TPSA) is 32.3 Å². The monoisotopic (exact) mass is 217 g/mol. The van der Waals surface area contributed by atoms with Gasteiger partial charge in [0.2, 0.25) is 0 Å². The van der Waals surface area contributed by atoms with E-state index < -0.39 is 6.10 Å². The molecule has 0 aliphatic carbocycles. The number of hydrogen-bond acceptors (Lipinski definition) is 2. The Bertz CT molecular complexity index is 340. The van der Waals surface area contributed by atoms with Crippen molar-refractivity contribution in [3.8, 4) is 12.3 Å². The standard InChI is InChI=1S/C14H19NO/c1-4-10-15-13(11(2)3)14(16)12-8-6-5-7-9-12/h1,5-9,11,13-16H,10H2,2-3H3. The third-order valence-corrected chi connectivity index (χ3v) is 2.64. The molecule has 2 heteroatoms. The summed E-state index contributed by atoms with van der Waals surface area (Å²) in [5, 5.41) is 13.4. The van der Waals surface area contributed by atoms with E-state index >= 15 is 0 Å². The molecule has 0 aliphatic heterocycles. The second kappa shape index (κ2) is 6.32. The molecule has 16 heavy (non-hydrogen) atoms. The zero-order valence-corrected chi connectivity index (χ0v) is 9.85. The zero-order valence-electron chi connectivity index (χ0n) is 9.85. The molecular formula is C14H19NO. The first-order valence-electron chi connectivity index (χ1n) is 5.56. The zero-order chi connectivity index (χ0) is 12.0. The Hall–Kier alpha value is -1.30. The van der Waals surface area contributed by atoms with Crippen LogP contribution in [0.25, 0.3) is 0 Å². The molecule has 0 saturated heterocycles. The average molecular weight is 217 g/mol. The molecule has 1 rings (SSSR count). The second-order valence-corrected chi connectivity index (χ2v) is 4.21. The van der Waals surface area contributed by atoms with Crippen molar-refractivity contribution in [2.75, 3.05) is 6.54 Å². The van der Waals surface area contributed by atoms with Gasteiger partial charge in [0.25, 0.3) is 0 Å². The first-order chi connectivity index (χ1) is 7.66. The van der Waals surface area contributed by atoms with Crippen molar-refractivity contribution in [3.63, 3.8) is 0 Å². The number of hydrogen-bond donors (Lipinski definition) is 2. The summed E-state index contributed by atoms with van der Waals surface area (Å²) in [5.74, 6) is 2.86. The van der Waals surface area contributed by atoms with Crippen molar-refractivity contribution in [2.45, 2.75) is 26.0 Å². The maximum atomic E-state index is 10.2. The molecule has 0 aromatic heterocycles. The van der Waals surface area contributed by atoms with E-state index in [0.29, 0.717) is 12.5 Å². The molecule has 0 spiro atoms. The molecule has 0 aliphatic rings. The minimum absolute atomic E-state index is 0.0153. The van der Waals surface area contributed by atoms with Crippen molar-refractivity contribution in [3.05, 3.63) is 35.9 Å². The van der Waals surface area contributed by atoms with Crippen molar-refractivity contribution in [1.82, 2.24) is 5.32 Å². The molecule has 1 aromatic carbocycles. The first kappa shape index (κ1) is 12.8. The minimum Gasteiger partial charge on any atom is -0.387 e. The summed E-state index contributed by atoms with van der Waals surface area (Å²) in [7, 11) is 0. The first-order valence-corrected chi connectivity index (χ1v) is 5.56. The SMILES string of the molecule is C#CCNC(C(C)C)C(O)c1ccccc1. The third kappa shape index (κ3) is 3.37. The van der Waals surface area contributed by atoms with Gasteiger partial charge in [0.15, 0.2) is 0 Å². The molecule has 2 atom stereocenters. The summed E-state index contributed by atoms with van der Waals surface area (Å²) in [4.78, 5) is 0. The van der Waals surface area contributed by atoms with Crippen molar-refractivity contribution in [1.29, 1.82) is 0 Å². The summed E-state index contributed by atoms with van der Waals surface area (Å²) in [5.41, 5.74) is 0.922. The van der Waals surface area contributed by atoms with Crippen LogP contribution in [0.2, 0.25) is 0 Å². The van der Waals surface area contributed by atoms with Crippen LogP contribution in [0.4, 0.5) is 0 Å².